The molecule has 0 amide bonds. The van der Waals surface area contributed by atoms with Crippen LogP contribution in [0.1, 0.15) is 10.4 Å². The molecule has 0 unspecified atom stereocenters. The first-order chi connectivity index (χ1) is 9.61. The van der Waals surface area contributed by atoms with Crippen LogP contribution in [-0.2, 0) is 0 Å². The van der Waals surface area contributed by atoms with E-state index in [0.29, 0.717) is 21.6 Å². The predicted octanol–water partition coefficient (Wildman–Crippen LogP) is 3.84. The van der Waals surface area contributed by atoms with Gasteiger partial charge < -0.3 is 9.15 Å². The Balaban J connectivity index is 1.88. The molecular weight excluding hydrogens is 344 g/mol. The van der Waals surface area contributed by atoms with Crippen LogP contribution in [0.4, 0.5) is 0 Å². The van der Waals surface area contributed by atoms with Crippen LogP contribution in [0.25, 0.3) is 10.3 Å². The Bertz CT molecular complexity index is 850. The maximum Gasteiger partial charge on any atom is 0.396 e. The number of fused-ring (bicyclic) bond motifs is 1. The minimum atomic E-state index is -0.457. The first-order valence-electron chi connectivity index (χ1n) is 5.63. The Morgan fingerprint density at radius 1 is 1.20 bits per heavy atom. The second-order valence-electron chi connectivity index (χ2n) is 3.96. The van der Waals surface area contributed by atoms with Crippen molar-refractivity contribution in [3.63, 3.8) is 0 Å². The topological polar surface area (TPSA) is 56.5 Å². The molecule has 0 radical (unpaired) electrons. The highest BCUT2D eigenvalue weighted by Crippen LogP contribution is 2.24. The van der Waals surface area contributed by atoms with Crippen molar-refractivity contribution >= 4 is 43.5 Å². The lowest BCUT2D eigenvalue weighted by Crippen LogP contribution is -2.08. The van der Waals surface area contributed by atoms with Gasteiger partial charge in [-0.1, -0.05) is 33.3 Å². The number of carbonyl (C=O) groups excluding carboxylic acids is 1. The highest BCUT2D eigenvalue weighted by atomic mass is 79.9. The SMILES string of the molecule is O=C(Oc1ccc2oc(=O)sc2c1)c1cccc(Br)c1. The number of benzene rings is 2. The van der Waals surface area contributed by atoms with Crippen LogP contribution in [-0.4, -0.2) is 5.97 Å². The summed E-state index contributed by atoms with van der Waals surface area (Å²) < 4.78 is 11.7. The normalized spacial score (nSPS) is 10.7. The largest absolute Gasteiger partial charge is 0.423 e. The molecule has 1 aromatic heterocycles. The van der Waals surface area contributed by atoms with E-state index in [1.165, 1.54) is 0 Å². The Hall–Kier alpha value is -1.92. The molecule has 20 heavy (non-hydrogen) atoms. The van der Waals surface area contributed by atoms with E-state index >= 15 is 0 Å². The third-order valence-corrected chi connectivity index (χ3v) is 3.85. The Morgan fingerprint density at radius 2 is 2.05 bits per heavy atom. The van der Waals surface area contributed by atoms with Gasteiger partial charge in [-0.25, -0.2) is 9.59 Å². The Morgan fingerprint density at radius 3 is 2.85 bits per heavy atom. The van der Waals surface area contributed by atoms with Crippen LogP contribution in [0.3, 0.4) is 0 Å². The van der Waals surface area contributed by atoms with E-state index < -0.39 is 5.97 Å². The van der Waals surface area contributed by atoms with E-state index in [9.17, 15) is 9.59 Å². The maximum absolute atomic E-state index is 12.0. The summed E-state index contributed by atoms with van der Waals surface area (Å²) in [4.78, 5) is 22.7. The first kappa shape index (κ1) is 13.1. The van der Waals surface area contributed by atoms with E-state index in [1.54, 1.807) is 36.4 Å². The molecule has 0 atom stereocenters. The van der Waals surface area contributed by atoms with Crippen molar-refractivity contribution in [1.82, 2.24) is 0 Å². The van der Waals surface area contributed by atoms with Gasteiger partial charge in [0.05, 0.1) is 10.3 Å². The third kappa shape index (κ3) is 2.66. The van der Waals surface area contributed by atoms with Gasteiger partial charge in [-0.15, -0.1) is 0 Å². The summed E-state index contributed by atoms with van der Waals surface area (Å²) >= 11 is 4.27. The van der Waals surface area contributed by atoms with Crippen molar-refractivity contribution in [2.75, 3.05) is 0 Å². The zero-order valence-corrected chi connectivity index (χ0v) is 12.4. The van der Waals surface area contributed by atoms with Crippen LogP contribution in [0.15, 0.2) is 56.1 Å². The molecule has 3 aromatic rings. The van der Waals surface area contributed by atoms with Crippen molar-refractivity contribution in [3.8, 4) is 5.75 Å². The van der Waals surface area contributed by atoms with E-state index in [0.717, 1.165) is 15.8 Å². The van der Waals surface area contributed by atoms with Crippen molar-refractivity contribution in [2.45, 2.75) is 0 Å². The molecule has 0 bridgehead atoms. The van der Waals surface area contributed by atoms with Gasteiger partial charge in [0, 0.05) is 10.5 Å². The number of ether oxygens (including phenoxy) is 1. The molecule has 0 aliphatic heterocycles. The molecule has 0 saturated heterocycles. The second kappa shape index (κ2) is 5.22. The molecule has 0 aliphatic rings. The molecular formula is C14H7BrO4S. The zero-order chi connectivity index (χ0) is 14.1. The lowest BCUT2D eigenvalue weighted by Gasteiger charge is -2.04. The molecule has 1 heterocycles. The Kier molecular flexibility index (Phi) is 3.42. The number of hydrogen-bond donors (Lipinski definition) is 0. The lowest BCUT2D eigenvalue weighted by atomic mass is 10.2. The lowest BCUT2D eigenvalue weighted by molar-refractivity contribution is 0.0735. The molecule has 0 aliphatic carbocycles. The fourth-order valence-corrected chi connectivity index (χ4v) is 2.79. The Labute approximate surface area is 125 Å². The van der Waals surface area contributed by atoms with E-state index in [4.69, 9.17) is 9.15 Å². The predicted molar refractivity (Wildman–Crippen MR) is 79.5 cm³/mol. The van der Waals surface area contributed by atoms with Crippen molar-refractivity contribution in [3.05, 3.63) is 62.2 Å². The highest BCUT2D eigenvalue weighted by molar-refractivity contribution is 9.10. The molecule has 3 rings (SSSR count). The summed E-state index contributed by atoms with van der Waals surface area (Å²) in [7, 11) is 0. The van der Waals surface area contributed by atoms with Crippen LogP contribution in [0.5, 0.6) is 5.75 Å². The maximum atomic E-state index is 12.0. The van der Waals surface area contributed by atoms with E-state index in [1.807, 2.05) is 6.07 Å². The smallest absolute Gasteiger partial charge is 0.396 e. The van der Waals surface area contributed by atoms with Gasteiger partial charge in [0.2, 0.25) is 0 Å². The van der Waals surface area contributed by atoms with Gasteiger partial charge >= 0.3 is 10.9 Å². The van der Waals surface area contributed by atoms with Gasteiger partial charge in [-0.2, -0.15) is 0 Å². The minimum absolute atomic E-state index is 0.375. The molecule has 0 N–H and O–H groups in total. The molecule has 0 saturated carbocycles. The monoisotopic (exact) mass is 350 g/mol. The summed E-state index contributed by atoms with van der Waals surface area (Å²) in [5.74, 6) is -0.0824. The van der Waals surface area contributed by atoms with Gasteiger partial charge in [0.15, 0.2) is 0 Å². The van der Waals surface area contributed by atoms with Crippen molar-refractivity contribution < 1.29 is 13.9 Å². The molecule has 2 aromatic carbocycles. The molecule has 4 nitrogen and oxygen atoms in total. The highest BCUT2D eigenvalue weighted by Gasteiger charge is 2.10. The number of halogens is 1. The summed E-state index contributed by atoms with van der Waals surface area (Å²) in [6.45, 7) is 0. The van der Waals surface area contributed by atoms with Crippen LogP contribution in [0, 0.1) is 0 Å². The van der Waals surface area contributed by atoms with Gasteiger partial charge in [-0.05, 0) is 30.3 Å². The first-order valence-corrected chi connectivity index (χ1v) is 7.24. The fourth-order valence-electron chi connectivity index (χ4n) is 1.70. The number of rotatable bonds is 2. The average Bonchev–Trinajstić information content (AvgIpc) is 2.78. The summed E-state index contributed by atoms with van der Waals surface area (Å²) in [6, 6.07) is 11.7. The second-order valence-corrected chi connectivity index (χ2v) is 5.86. The van der Waals surface area contributed by atoms with Crippen LogP contribution >= 0.6 is 27.3 Å². The van der Waals surface area contributed by atoms with Gasteiger partial charge in [-0.3, -0.25) is 0 Å². The third-order valence-electron chi connectivity index (χ3n) is 2.57. The molecule has 0 spiro atoms. The van der Waals surface area contributed by atoms with E-state index in [-0.39, 0.29) is 4.94 Å². The van der Waals surface area contributed by atoms with Crippen LogP contribution < -0.4 is 9.68 Å². The number of carbonyl (C=O) groups is 1. The number of hydrogen-bond acceptors (Lipinski definition) is 5. The number of esters is 1. The van der Waals surface area contributed by atoms with Crippen molar-refractivity contribution in [1.29, 1.82) is 0 Å². The van der Waals surface area contributed by atoms with Gasteiger partial charge in [0.25, 0.3) is 0 Å². The summed E-state index contributed by atoms with van der Waals surface area (Å²) in [5.41, 5.74) is 0.933. The van der Waals surface area contributed by atoms with Crippen molar-refractivity contribution in [2.24, 2.45) is 0 Å². The summed E-state index contributed by atoms with van der Waals surface area (Å²) in [6.07, 6.45) is 0. The summed E-state index contributed by atoms with van der Waals surface area (Å²) in [5, 5.41) is 0. The quantitative estimate of drug-likeness (QED) is 0.520. The molecule has 6 heteroatoms. The standard InChI is InChI=1S/C14H7BrO4S/c15-9-3-1-2-8(6-9)13(16)18-10-4-5-11-12(7-10)20-14(17)19-11/h1-7H. The van der Waals surface area contributed by atoms with Gasteiger partial charge in [0.1, 0.15) is 11.3 Å². The molecule has 100 valence electrons. The average molecular weight is 351 g/mol. The van der Waals surface area contributed by atoms with Crippen LogP contribution in [0.2, 0.25) is 0 Å². The zero-order valence-electron chi connectivity index (χ0n) is 9.96. The molecule has 0 fully saturated rings. The van der Waals surface area contributed by atoms with E-state index in [2.05, 4.69) is 15.9 Å². The fraction of sp³-hybridized carbons (Fsp3) is 0. The minimum Gasteiger partial charge on any atom is -0.423 e.